The van der Waals surface area contributed by atoms with Crippen LogP contribution in [0.4, 0.5) is 5.69 Å². The predicted molar refractivity (Wildman–Crippen MR) is 57.0 cm³/mol. The van der Waals surface area contributed by atoms with E-state index < -0.39 is 5.91 Å². The summed E-state index contributed by atoms with van der Waals surface area (Å²) in [6, 6.07) is 2.77. The minimum Gasteiger partial charge on any atom is -0.504 e. The topological polar surface area (TPSA) is 49.3 Å². The second-order valence-electron chi connectivity index (χ2n) is 2.48. The lowest BCUT2D eigenvalue weighted by Crippen LogP contribution is -2.07. The van der Waals surface area contributed by atoms with Gasteiger partial charge >= 0.3 is 0 Å². The van der Waals surface area contributed by atoms with E-state index >= 15 is 0 Å². The van der Waals surface area contributed by atoms with E-state index in [-0.39, 0.29) is 16.5 Å². The Balaban J connectivity index is 3.07. The van der Waals surface area contributed by atoms with Gasteiger partial charge in [0.05, 0.1) is 10.7 Å². The highest BCUT2D eigenvalue weighted by Crippen LogP contribution is 2.34. The molecule has 0 spiro atoms. The number of nitrogens with one attached hydrogen (secondary N) is 1. The van der Waals surface area contributed by atoms with Gasteiger partial charge in [0.1, 0.15) is 0 Å². The van der Waals surface area contributed by atoms with Crippen LogP contribution in [0.5, 0.6) is 5.75 Å². The van der Waals surface area contributed by atoms with Gasteiger partial charge in [-0.1, -0.05) is 29.8 Å². The second-order valence-corrected chi connectivity index (χ2v) is 3.32. The van der Waals surface area contributed by atoms with Gasteiger partial charge in [0, 0.05) is 5.02 Å². The molecule has 1 amide bonds. The second kappa shape index (κ2) is 4.35. The van der Waals surface area contributed by atoms with Gasteiger partial charge in [0.2, 0.25) is 5.91 Å². The van der Waals surface area contributed by atoms with E-state index in [1.807, 2.05) is 0 Å². The first-order valence-corrected chi connectivity index (χ1v) is 4.41. The van der Waals surface area contributed by atoms with Crippen molar-refractivity contribution in [1.82, 2.24) is 0 Å². The molecule has 0 saturated heterocycles. The Kier molecular flexibility index (Phi) is 3.38. The molecule has 5 heteroatoms. The number of carbonyl (C=O) groups excluding carboxylic acids is 1. The molecule has 0 radical (unpaired) electrons. The van der Waals surface area contributed by atoms with Crippen molar-refractivity contribution in [3.05, 3.63) is 34.8 Å². The van der Waals surface area contributed by atoms with E-state index in [2.05, 4.69) is 11.9 Å². The highest BCUT2D eigenvalue weighted by atomic mass is 35.5. The quantitative estimate of drug-likeness (QED) is 0.608. The van der Waals surface area contributed by atoms with Crippen LogP contribution in [0, 0.1) is 0 Å². The molecule has 0 saturated carbocycles. The highest BCUT2D eigenvalue weighted by molar-refractivity contribution is 6.36. The van der Waals surface area contributed by atoms with Crippen LogP contribution >= 0.6 is 23.2 Å². The third kappa shape index (κ3) is 2.40. The number of rotatable bonds is 2. The smallest absolute Gasteiger partial charge is 0.247 e. The number of phenolic OH excluding ortho intramolecular Hbond substituents is 1. The first-order chi connectivity index (χ1) is 6.54. The molecule has 0 atom stereocenters. The van der Waals surface area contributed by atoms with Gasteiger partial charge in [0.25, 0.3) is 0 Å². The third-order valence-electron chi connectivity index (χ3n) is 1.47. The van der Waals surface area contributed by atoms with Gasteiger partial charge in [-0.3, -0.25) is 4.79 Å². The first kappa shape index (κ1) is 10.9. The summed E-state index contributed by atoms with van der Waals surface area (Å²) >= 11 is 11.3. The Morgan fingerprint density at radius 1 is 1.50 bits per heavy atom. The van der Waals surface area contributed by atoms with Crippen LogP contribution in [0.3, 0.4) is 0 Å². The molecule has 3 nitrogen and oxygen atoms in total. The Morgan fingerprint density at radius 3 is 2.71 bits per heavy atom. The predicted octanol–water partition coefficient (Wildman–Crippen LogP) is 2.82. The van der Waals surface area contributed by atoms with E-state index in [0.717, 1.165) is 6.08 Å². The van der Waals surface area contributed by atoms with Crippen molar-refractivity contribution in [2.24, 2.45) is 0 Å². The van der Waals surface area contributed by atoms with Crippen LogP contribution in [0.1, 0.15) is 0 Å². The van der Waals surface area contributed by atoms with Crippen LogP contribution in [-0.4, -0.2) is 11.0 Å². The molecule has 0 aromatic heterocycles. The zero-order valence-electron chi connectivity index (χ0n) is 7.05. The van der Waals surface area contributed by atoms with Crippen molar-refractivity contribution in [3.8, 4) is 5.75 Å². The first-order valence-electron chi connectivity index (χ1n) is 3.66. The summed E-state index contributed by atoms with van der Waals surface area (Å²) in [5, 5.41) is 12.2. The van der Waals surface area contributed by atoms with Gasteiger partial charge in [-0.25, -0.2) is 0 Å². The van der Waals surface area contributed by atoms with Crippen molar-refractivity contribution in [2.75, 3.05) is 5.32 Å². The molecule has 14 heavy (non-hydrogen) atoms. The molecule has 1 rings (SSSR count). The average Bonchev–Trinajstić information content (AvgIpc) is 2.13. The number of benzene rings is 1. The molecule has 0 bridgehead atoms. The van der Waals surface area contributed by atoms with Gasteiger partial charge in [-0.05, 0) is 18.2 Å². The summed E-state index contributed by atoms with van der Waals surface area (Å²) in [7, 11) is 0. The van der Waals surface area contributed by atoms with E-state index in [1.54, 1.807) is 0 Å². The van der Waals surface area contributed by atoms with Crippen molar-refractivity contribution in [2.45, 2.75) is 0 Å². The number of aromatic hydroxyl groups is 1. The molecule has 0 heterocycles. The molecule has 0 aliphatic heterocycles. The standard InChI is InChI=1S/C9H7Cl2NO2/c1-2-8(13)12-7-4-5(10)3-6(11)9(7)14/h2-4,14H,1H2,(H,12,13). The highest BCUT2D eigenvalue weighted by Gasteiger charge is 2.08. The van der Waals surface area contributed by atoms with Gasteiger partial charge in [-0.15, -0.1) is 0 Å². The van der Waals surface area contributed by atoms with E-state index in [9.17, 15) is 9.90 Å². The largest absolute Gasteiger partial charge is 0.504 e. The van der Waals surface area contributed by atoms with E-state index in [1.165, 1.54) is 12.1 Å². The maximum absolute atomic E-state index is 10.9. The molecule has 74 valence electrons. The lowest BCUT2D eigenvalue weighted by Gasteiger charge is -2.06. The molecule has 0 fully saturated rings. The lowest BCUT2D eigenvalue weighted by molar-refractivity contribution is -0.111. The van der Waals surface area contributed by atoms with Crippen LogP contribution in [-0.2, 0) is 4.79 Å². The minimum atomic E-state index is -0.446. The zero-order chi connectivity index (χ0) is 10.7. The van der Waals surface area contributed by atoms with E-state index in [4.69, 9.17) is 23.2 Å². The molecule has 0 unspecified atom stereocenters. The monoisotopic (exact) mass is 231 g/mol. The fourth-order valence-corrected chi connectivity index (χ4v) is 1.34. The summed E-state index contributed by atoms with van der Waals surface area (Å²) in [6.07, 6.45) is 1.08. The summed E-state index contributed by atoms with van der Waals surface area (Å²) in [5.41, 5.74) is 0.160. The van der Waals surface area contributed by atoms with Crippen LogP contribution < -0.4 is 5.32 Å². The summed E-state index contributed by atoms with van der Waals surface area (Å²) < 4.78 is 0. The number of hydrogen-bond acceptors (Lipinski definition) is 2. The number of amides is 1. The van der Waals surface area contributed by atoms with Crippen molar-refractivity contribution >= 4 is 34.8 Å². The van der Waals surface area contributed by atoms with Gasteiger partial charge in [0.15, 0.2) is 5.75 Å². The van der Waals surface area contributed by atoms with Crippen molar-refractivity contribution < 1.29 is 9.90 Å². The van der Waals surface area contributed by atoms with Crippen molar-refractivity contribution in [3.63, 3.8) is 0 Å². The number of carbonyl (C=O) groups is 1. The molecule has 2 N–H and O–H groups in total. The van der Waals surface area contributed by atoms with Crippen LogP contribution in [0.15, 0.2) is 24.8 Å². The average molecular weight is 232 g/mol. The number of anilines is 1. The number of hydrogen-bond donors (Lipinski definition) is 2. The summed E-state index contributed by atoms with van der Waals surface area (Å²) in [5.74, 6) is -0.662. The third-order valence-corrected chi connectivity index (χ3v) is 1.98. The Hall–Kier alpha value is -1.19. The van der Waals surface area contributed by atoms with Gasteiger partial charge in [-0.2, -0.15) is 0 Å². The molecular formula is C9H7Cl2NO2. The summed E-state index contributed by atoms with van der Waals surface area (Å²) in [4.78, 5) is 10.9. The van der Waals surface area contributed by atoms with Crippen molar-refractivity contribution in [1.29, 1.82) is 0 Å². The molecule has 0 aliphatic carbocycles. The molecule has 1 aromatic rings. The maximum atomic E-state index is 10.9. The zero-order valence-corrected chi connectivity index (χ0v) is 8.56. The summed E-state index contributed by atoms with van der Waals surface area (Å²) in [6.45, 7) is 3.27. The van der Waals surface area contributed by atoms with Crippen LogP contribution in [0.2, 0.25) is 10.0 Å². The normalized spacial score (nSPS) is 9.57. The van der Waals surface area contributed by atoms with E-state index in [0.29, 0.717) is 5.02 Å². The SMILES string of the molecule is C=CC(=O)Nc1cc(Cl)cc(Cl)c1O. The Morgan fingerprint density at radius 2 is 2.14 bits per heavy atom. The fourth-order valence-electron chi connectivity index (χ4n) is 0.845. The molecule has 0 aliphatic rings. The Labute approximate surface area is 90.9 Å². The molecular weight excluding hydrogens is 225 g/mol. The number of phenols is 1. The van der Waals surface area contributed by atoms with Crippen LogP contribution in [0.25, 0.3) is 0 Å². The fraction of sp³-hybridized carbons (Fsp3) is 0. The molecule has 1 aromatic carbocycles. The maximum Gasteiger partial charge on any atom is 0.247 e. The Bertz CT molecular complexity index is 391. The number of halogens is 2. The van der Waals surface area contributed by atoms with Gasteiger partial charge < -0.3 is 10.4 Å². The minimum absolute atomic E-state index is 0.0804. The lowest BCUT2D eigenvalue weighted by atomic mass is 10.3.